The number of aliphatic hydroxyl groups is 8. The second-order valence-electron chi connectivity index (χ2n) is 17.9. The molecule has 0 aliphatic carbocycles. The highest BCUT2D eigenvalue weighted by atomic mass is 16.8. The molecule has 3 fully saturated rings. The van der Waals surface area contributed by atoms with Gasteiger partial charge in [-0.25, -0.2) is 9.59 Å². The van der Waals surface area contributed by atoms with Gasteiger partial charge in [-0.3, -0.25) is 0 Å². The molecule has 8 rings (SSSR count). The van der Waals surface area contributed by atoms with Gasteiger partial charge in [-0.05, 0) is 65.8 Å². The quantitative estimate of drug-likeness (QED) is 0.0489. The summed E-state index contributed by atoms with van der Waals surface area (Å²) < 4.78 is 63.9. The largest absolute Gasteiger partial charge is 0.508 e. The summed E-state index contributed by atoms with van der Waals surface area (Å²) in [6.45, 7) is -2.13. The number of methoxy groups -OCH3 is 2. The number of hydrogen-bond donors (Lipinski definition) is 12. The fraction of sp³-hybridized carbons (Fsp3) is 0.385. The van der Waals surface area contributed by atoms with E-state index in [0.717, 1.165) is 18.2 Å². The Morgan fingerprint density at radius 1 is 0.623 bits per heavy atom. The van der Waals surface area contributed by atoms with Crippen molar-refractivity contribution in [2.75, 3.05) is 34.0 Å². The lowest BCUT2D eigenvalue weighted by Gasteiger charge is -2.45. The van der Waals surface area contributed by atoms with Gasteiger partial charge in [0.1, 0.15) is 96.0 Å². The molecule has 1 unspecified atom stereocenters. The molecule has 25 nitrogen and oxygen atoms in total. The van der Waals surface area contributed by atoms with Crippen LogP contribution in [0.1, 0.15) is 28.4 Å². The average molecular weight is 1080 g/mol. The highest BCUT2D eigenvalue weighted by Crippen LogP contribution is 2.46. The Morgan fingerprint density at radius 2 is 1.25 bits per heavy atom. The normalized spacial score (nSPS) is 30.2. The maximum atomic E-state index is 13.4. The van der Waals surface area contributed by atoms with Crippen LogP contribution in [0.15, 0.2) is 90.7 Å². The number of rotatable bonds is 17. The highest BCUT2D eigenvalue weighted by molar-refractivity contribution is 5.88. The van der Waals surface area contributed by atoms with E-state index >= 15 is 0 Å². The number of carbonyl (C=O) groups is 2. The first-order chi connectivity index (χ1) is 36.8. The van der Waals surface area contributed by atoms with Crippen molar-refractivity contribution in [3.63, 3.8) is 0 Å². The zero-order valence-electron chi connectivity index (χ0n) is 40.8. The van der Waals surface area contributed by atoms with Crippen LogP contribution >= 0.6 is 0 Å². The zero-order valence-corrected chi connectivity index (χ0v) is 40.8. The number of aliphatic hydroxyl groups excluding tert-OH is 8. The van der Waals surface area contributed by atoms with Crippen LogP contribution in [0.5, 0.6) is 46.0 Å². The Kier molecular flexibility index (Phi) is 17.7. The lowest BCUT2D eigenvalue weighted by molar-refractivity contribution is -0.353. The van der Waals surface area contributed by atoms with E-state index in [2.05, 4.69) is 0 Å². The van der Waals surface area contributed by atoms with Crippen LogP contribution in [-0.2, 0) is 42.7 Å². The zero-order chi connectivity index (χ0) is 55.2. The van der Waals surface area contributed by atoms with E-state index in [-0.39, 0.29) is 57.1 Å². The third kappa shape index (κ3) is 12.8. The Labute approximate surface area is 437 Å². The van der Waals surface area contributed by atoms with E-state index in [0.29, 0.717) is 11.1 Å². The Hall–Kier alpha value is -7.24. The minimum Gasteiger partial charge on any atom is -0.508 e. The Bertz CT molecular complexity index is 2760. The summed E-state index contributed by atoms with van der Waals surface area (Å²) in [6.07, 6.45) is -20.8. The van der Waals surface area contributed by atoms with Crippen LogP contribution in [0.25, 0.3) is 18.2 Å². The van der Waals surface area contributed by atoms with E-state index in [4.69, 9.17) is 52.1 Å². The van der Waals surface area contributed by atoms with Crippen molar-refractivity contribution in [2.45, 2.75) is 92.1 Å². The summed E-state index contributed by atoms with van der Waals surface area (Å²) >= 11 is 0. The van der Waals surface area contributed by atoms with Crippen molar-refractivity contribution in [2.24, 2.45) is 0 Å². The van der Waals surface area contributed by atoms with E-state index < -0.39 is 130 Å². The minimum atomic E-state index is -2.07. The van der Waals surface area contributed by atoms with Crippen molar-refractivity contribution in [1.82, 2.24) is 0 Å². The monoisotopic (exact) mass is 1080 g/mol. The predicted molar refractivity (Wildman–Crippen MR) is 259 cm³/mol. The molecule has 0 spiro atoms. The molecule has 414 valence electrons. The fourth-order valence-electron chi connectivity index (χ4n) is 8.48. The summed E-state index contributed by atoms with van der Waals surface area (Å²) in [5.74, 6) is -3.51. The van der Waals surface area contributed by atoms with Crippen LogP contribution in [0.4, 0.5) is 0 Å². The lowest BCUT2D eigenvalue weighted by Crippen LogP contribution is -2.63. The number of phenols is 4. The molecule has 25 heteroatoms. The summed E-state index contributed by atoms with van der Waals surface area (Å²) in [5.41, 5.74) is 1.08. The topological polar surface area (TPSA) is 378 Å². The molecule has 0 radical (unpaired) electrons. The molecule has 77 heavy (non-hydrogen) atoms. The van der Waals surface area contributed by atoms with Crippen molar-refractivity contribution >= 4 is 30.2 Å². The first-order valence-corrected chi connectivity index (χ1v) is 23.7. The number of carbonyl (C=O) groups excluding carboxylic acids is 2. The number of aromatic hydroxyl groups is 4. The van der Waals surface area contributed by atoms with Crippen LogP contribution in [-0.4, -0.2) is 193 Å². The number of esters is 2. The molecule has 4 aromatic carbocycles. The molecule has 15 atom stereocenters. The van der Waals surface area contributed by atoms with Gasteiger partial charge < -0.3 is 113 Å². The number of benzene rings is 4. The molecule has 4 aromatic rings. The Balaban J connectivity index is 1.13. The van der Waals surface area contributed by atoms with E-state index in [1.54, 1.807) is 0 Å². The molecule has 0 amide bonds. The maximum Gasteiger partial charge on any atom is 0.331 e. The van der Waals surface area contributed by atoms with Crippen LogP contribution in [0.3, 0.4) is 0 Å². The number of hydrogen-bond acceptors (Lipinski definition) is 25. The van der Waals surface area contributed by atoms with Crippen molar-refractivity contribution in [3.8, 4) is 46.0 Å². The van der Waals surface area contributed by atoms with Crippen LogP contribution < -0.4 is 18.9 Å². The number of phenolic OH excluding ortho intramolecular Hbond substituents is 4. The lowest BCUT2D eigenvalue weighted by atomic mass is 9.97. The SMILES string of the molecule is COc1cc(/C=C/C(=O)O[C@@H]2[C@@H](O[C@H]3[C@H](OC4=Cc5c(cc(O)cc5O[C@@H]5O[C@@H](CO)[C@@H](O)[C@H](O)[C@H]5O)OC4c4ccc(O)cc4)O[C@@H](COC(=O)/C=C/c4ccc(O)cc4)[C@@H](O)[C@@H]3O)OC[C@@H](O)[C@H]2O)cc(OC)c1O. The molecular weight excluding hydrogens is 1020 g/mol. The standard InChI is InChI=1S/C52H56O25/c1-67-33-15-24(16-34(68-2)41(33)61)6-14-39(59)76-48-40(60)30(57)21-70-51(48)77-49-45(65)43(63)37(22-69-38(58)13-5-23-3-9-26(54)10-4-23)75-52(49)73-35-19-29-31(71-47(35)25-7-11-27(55)12-8-25)17-28(56)18-32(29)72-50-46(66)44(64)42(62)36(20-53)74-50/h3-19,30,36-37,40,42-57,60-66H,20-22H2,1-2H3/b13-5+,14-6+/t30-,36+,37+,40-,42-,43-,44+,45+,46-,47?,48+,49-,50-,51-,52-/m1/s1. The van der Waals surface area contributed by atoms with Gasteiger partial charge >= 0.3 is 11.9 Å². The molecule has 4 aliphatic rings. The highest BCUT2D eigenvalue weighted by Gasteiger charge is 2.52. The van der Waals surface area contributed by atoms with Crippen LogP contribution in [0.2, 0.25) is 0 Å². The molecule has 4 aliphatic heterocycles. The van der Waals surface area contributed by atoms with E-state index in [1.165, 1.54) is 99.2 Å². The van der Waals surface area contributed by atoms with E-state index in [1.807, 2.05) is 0 Å². The van der Waals surface area contributed by atoms with Gasteiger partial charge in [0.2, 0.25) is 18.3 Å². The Morgan fingerprint density at radius 3 is 1.91 bits per heavy atom. The third-order valence-electron chi connectivity index (χ3n) is 12.6. The third-order valence-corrected chi connectivity index (χ3v) is 12.6. The van der Waals surface area contributed by atoms with Crippen molar-refractivity contribution in [1.29, 1.82) is 0 Å². The first-order valence-electron chi connectivity index (χ1n) is 23.7. The van der Waals surface area contributed by atoms with Crippen molar-refractivity contribution < 1.29 is 123 Å². The molecule has 0 aromatic heterocycles. The molecular formula is C52H56O25. The van der Waals surface area contributed by atoms with Gasteiger partial charge in [0.05, 0.1) is 33.0 Å². The smallest absolute Gasteiger partial charge is 0.331 e. The number of fused-ring (bicyclic) bond motifs is 1. The second-order valence-corrected chi connectivity index (χ2v) is 17.9. The molecule has 0 saturated carbocycles. The van der Waals surface area contributed by atoms with Gasteiger partial charge in [-0.1, -0.05) is 24.3 Å². The minimum absolute atomic E-state index is 0.00966. The molecule has 4 heterocycles. The molecule has 12 N–H and O–H groups in total. The van der Waals surface area contributed by atoms with Gasteiger partial charge in [-0.15, -0.1) is 0 Å². The molecule has 3 saturated heterocycles. The van der Waals surface area contributed by atoms with E-state index in [9.17, 15) is 70.9 Å². The predicted octanol–water partition coefficient (Wildman–Crippen LogP) is -0.0121. The average Bonchev–Trinajstić information content (AvgIpc) is 3.45. The summed E-state index contributed by atoms with van der Waals surface area (Å²) in [7, 11) is 2.59. The number of ether oxygens (including phenoxy) is 11. The van der Waals surface area contributed by atoms with Gasteiger partial charge in [0, 0.05) is 29.8 Å². The summed E-state index contributed by atoms with van der Waals surface area (Å²) in [6, 6.07) is 16.4. The maximum absolute atomic E-state index is 13.4. The first kappa shape index (κ1) is 56.0. The van der Waals surface area contributed by atoms with Gasteiger partial charge in [-0.2, -0.15) is 0 Å². The second kappa shape index (κ2) is 24.4. The fourth-order valence-corrected chi connectivity index (χ4v) is 8.48. The van der Waals surface area contributed by atoms with Crippen molar-refractivity contribution in [3.05, 3.63) is 113 Å². The summed E-state index contributed by atoms with van der Waals surface area (Å²) in [5, 5.41) is 128. The molecule has 0 bridgehead atoms. The van der Waals surface area contributed by atoms with Crippen LogP contribution in [0, 0.1) is 0 Å². The van der Waals surface area contributed by atoms with Gasteiger partial charge in [0.15, 0.2) is 36.1 Å². The van der Waals surface area contributed by atoms with Gasteiger partial charge in [0.25, 0.3) is 0 Å². The summed E-state index contributed by atoms with van der Waals surface area (Å²) in [4.78, 5) is 26.4.